The minimum atomic E-state index is 0.0689. The Morgan fingerprint density at radius 3 is 2.29 bits per heavy atom. The average Bonchev–Trinajstić information content (AvgIpc) is 2.46. The Morgan fingerprint density at radius 2 is 1.76 bits per heavy atom. The SMILES string of the molecule is CCC(C)(C)c1ccc(-c2nc(N)nc(N)c2C#N)cc1. The molecule has 0 aliphatic carbocycles. The molecule has 0 bridgehead atoms. The fourth-order valence-corrected chi connectivity index (χ4v) is 2.10. The number of nitriles is 1. The normalized spacial score (nSPS) is 11.1. The number of anilines is 2. The lowest BCUT2D eigenvalue weighted by molar-refractivity contribution is 0.506. The van der Waals surface area contributed by atoms with E-state index in [9.17, 15) is 5.26 Å². The number of nitrogens with zero attached hydrogens (tertiary/aromatic N) is 3. The van der Waals surface area contributed by atoms with Gasteiger partial charge in [0.1, 0.15) is 17.5 Å². The van der Waals surface area contributed by atoms with Crippen LogP contribution in [0.2, 0.25) is 0 Å². The number of benzene rings is 1. The second kappa shape index (κ2) is 5.41. The molecule has 108 valence electrons. The molecule has 5 heteroatoms. The molecule has 1 heterocycles. The minimum absolute atomic E-state index is 0.0689. The quantitative estimate of drug-likeness (QED) is 0.900. The highest BCUT2D eigenvalue weighted by Crippen LogP contribution is 2.30. The van der Waals surface area contributed by atoms with Gasteiger partial charge in [-0.15, -0.1) is 0 Å². The molecule has 0 fully saturated rings. The van der Waals surface area contributed by atoms with Crippen LogP contribution >= 0.6 is 0 Å². The van der Waals surface area contributed by atoms with Gasteiger partial charge >= 0.3 is 0 Å². The molecule has 2 aromatic rings. The van der Waals surface area contributed by atoms with Crippen LogP contribution in [0.1, 0.15) is 38.3 Å². The largest absolute Gasteiger partial charge is 0.382 e. The lowest BCUT2D eigenvalue weighted by atomic mass is 9.82. The standard InChI is InChI=1S/C16H19N5/c1-4-16(2,3)11-7-5-10(6-8-11)13-12(9-17)14(18)21-15(19)20-13/h5-8H,4H2,1-3H3,(H4,18,19,20,21). The average molecular weight is 281 g/mol. The van der Waals surface area contributed by atoms with E-state index in [1.54, 1.807) is 0 Å². The van der Waals surface area contributed by atoms with E-state index >= 15 is 0 Å². The maximum Gasteiger partial charge on any atom is 0.222 e. The molecular formula is C16H19N5. The van der Waals surface area contributed by atoms with Crippen LogP contribution < -0.4 is 11.5 Å². The molecule has 0 atom stereocenters. The van der Waals surface area contributed by atoms with Crippen LogP contribution in [0.25, 0.3) is 11.3 Å². The topological polar surface area (TPSA) is 102 Å². The van der Waals surface area contributed by atoms with E-state index in [4.69, 9.17) is 11.5 Å². The van der Waals surface area contributed by atoms with Gasteiger partial charge in [-0.3, -0.25) is 0 Å². The number of rotatable bonds is 3. The van der Waals surface area contributed by atoms with E-state index in [2.05, 4.69) is 42.9 Å². The van der Waals surface area contributed by atoms with Crippen molar-refractivity contribution in [3.63, 3.8) is 0 Å². The van der Waals surface area contributed by atoms with Gasteiger partial charge in [-0.25, -0.2) is 4.98 Å². The van der Waals surface area contributed by atoms with Crippen LogP contribution in [0.3, 0.4) is 0 Å². The van der Waals surface area contributed by atoms with Crippen molar-refractivity contribution < 1.29 is 0 Å². The Balaban J connectivity index is 2.52. The van der Waals surface area contributed by atoms with Gasteiger partial charge in [-0.05, 0) is 17.4 Å². The van der Waals surface area contributed by atoms with Gasteiger partial charge < -0.3 is 11.5 Å². The van der Waals surface area contributed by atoms with Crippen molar-refractivity contribution in [3.05, 3.63) is 35.4 Å². The van der Waals surface area contributed by atoms with E-state index in [0.717, 1.165) is 12.0 Å². The molecule has 0 aliphatic rings. The Morgan fingerprint density at radius 1 is 1.14 bits per heavy atom. The van der Waals surface area contributed by atoms with E-state index in [-0.39, 0.29) is 22.7 Å². The lowest BCUT2D eigenvalue weighted by Gasteiger charge is -2.23. The first kappa shape index (κ1) is 14.8. The zero-order chi connectivity index (χ0) is 15.6. The zero-order valence-electron chi connectivity index (χ0n) is 12.5. The van der Waals surface area contributed by atoms with Gasteiger partial charge in [0.15, 0.2) is 0 Å². The summed E-state index contributed by atoms with van der Waals surface area (Å²) in [6.45, 7) is 6.56. The van der Waals surface area contributed by atoms with Crippen molar-refractivity contribution in [1.29, 1.82) is 5.26 Å². The third-order valence-electron chi connectivity index (χ3n) is 3.89. The zero-order valence-corrected chi connectivity index (χ0v) is 12.5. The third kappa shape index (κ3) is 2.79. The number of nitrogen functional groups attached to an aromatic ring is 2. The van der Waals surface area contributed by atoms with Gasteiger partial charge in [-0.1, -0.05) is 45.0 Å². The molecular weight excluding hydrogens is 262 g/mol. The van der Waals surface area contributed by atoms with Gasteiger partial charge in [-0.2, -0.15) is 10.2 Å². The fraction of sp³-hybridized carbons (Fsp3) is 0.312. The Kier molecular flexibility index (Phi) is 3.81. The highest BCUT2D eigenvalue weighted by molar-refractivity contribution is 5.73. The predicted octanol–water partition coefficient (Wildman–Crippen LogP) is 2.87. The first-order valence-corrected chi connectivity index (χ1v) is 6.83. The number of nitrogens with two attached hydrogens (primary N) is 2. The first-order valence-electron chi connectivity index (χ1n) is 6.83. The van der Waals surface area contributed by atoms with Gasteiger partial charge in [0, 0.05) is 5.56 Å². The molecule has 0 spiro atoms. The van der Waals surface area contributed by atoms with Crippen molar-refractivity contribution >= 4 is 11.8 Å². The van der Waals surface area contributed by atoms with Crippen LogP contribution in [-0.2, 0) is 5.41 Å². The number of aromatic nitrogens is 2. The molecule has 2 rings (SSSR count). The van der Waals surface area contributed by atoms with Crippen LogP contribution in [0.4, 0.5) is 11.8 Å². The second-order valence-electron chi connectivity index (χ2n) is 5.62. The van der Waals surface area contributed by atoms with Crippen molar-refractivity contribution in [2.75, 3.05) is 11.5 Å². The smallest absolute Gasteiger partial charge is 0.222 e. The summed E-state index contributed by atoms with van der Waals surface area (Å²) in [6, 6.07) is 10.0. The summed E-state index contributed by atoms with van der Waals surface area (Å²) in [6.07, 6.45) is 1.04. The summed E-state index contributed by atoms with van der Waals surface area (Å²) in [5.41, 5.74) is 14.3. The number of hydrogen-bond donors (Lipinski definition) is 2. The summed E-state index contributed by atoms with van der Waals surface area (Å²) in [5.74, 6) is 0.178. The molecule has 21 heavy (non-hydrogen) atoms. The van der Waals surface area contributed by atoms with E-state index in [1.165, 1.54) is 5.56 Å². The molecule has 5 nitrogen and oxygen atoms in total. The molecule has 1 aromatic carbocycles. The Bertz CT molecular complexity index is 696. The minimum Gasteiger partial charge on any atom is -0.382 e. The van der Waals surface area contributed by atoms with Crippen LogP contribution in [0.15, 0.2) is 24.3 Å². The first-order chi connectivity index (χ1) is 9.89. The van der Waals surface area contributed by atoms with Crippen molar-refractivity contribution in [2.45, 2.75) is 32.6 Å². The van der Waals surface area contributed by atoms with Crippen molar-refractivity contribution in [3.8, 4) is 17.3 Å². The molecule has 0 saturated carbocycles. The third-order valence-corrected chi connectivity index (χ3v) is 3.89. The fourth-order valence-electron chi connectivity index (χ4n) is 2.10. The van der Waals surface area contributed by atoms with Gasteiger partial charge in [0.25, 0.3) is 0 Å². The Labute approximate surface area is 124 Å². The van der Waals surface area contributed by atoms with Gasteiger partial charge in [0.2, 0.25) is 5.95 Å². The predicted molar refractivity (Wildman–Crippen MR) is 84.3 cm³/mol. The molecule has 0 radical (unpaired) electrons. The summed E-state index contributed by atoms with van der Waals surface area (Å²) < 4.78 is 0. The maximum absolute atomic E-state index is 9.22. The summed E-state index contributed by atoms with van der Waals surface area (Å²) >= 11 is 0. The molecule has 1 aromatic heterocycles. The van der Waals surface area contributed by atoms with E-state index in [1.807, 2.05) is 18.2 Å². The molecule has 0 amide bonds. The highest BCUT2D eigenvalue weighted by Gasteiger charge is 2.19. The number of hydrogen-bond acceptors (Lipinski definition) is 5. The lowest BCUT2D eigenvalue weighted by Crippen LogP contribution is -2.15. The van der Waals surface area contributed by atoms with Crippen molar-refractivity contribution in [2.24, 2.45) is 0 Å². The van der Waals surface area contributed by atoms with Crippen molar-refractivity contribution in [1.82, 2.24) is 9.97 Å². The van der Waals surface area contributed by atoms with E-state index in [0.29, 0.717) is 5.69 Å². The van der Waals surface area contributed by atoms with Crippen LogP contribution in [-0.4, -0.2) is 9.97 Å². The summed E-state index contributed by atoms with van der Waals surface area (Å²) in [4.78, 5) is 7.97. The van der Waals surface area contributed by atoms with Crippen LogP contribution in [0.5, 0.6) is 0 Å². The molecule has 4 N–H and O–H groups in total. The Hall–Kier alpha value is -2.61. The highest BCUT2D eigenvalue weighted by atomic mass is 15.0. The van der Waals surface area contributed by atoms with E-state index < -0.39 is 0 Å². The molecule has 0 aliphatic heterocycles. The summed E-state index contributed by atoms with van der Waals surface area (Å²) in [7, 11) is 0. The summed E-state index contributed by atoms with van der Waals surface area (Å²) in [5, 5.41) is 9.22. The molecule has 0 unspecified atom stereocenters. The molecule has 0 saturated heterocycles. The maximum atomic E-state index is 9.22. The second-order valence-corrected chi connectivity index (χ2v) is 5.62. The monoisotopic (exact) mass is 281 g/mol. The van der Waals surface area contributed by atoms with Crippen LogP contribution in [0, 0.1) is 11.3 Å². The van der Waals surface area contributed by atoms with Gasteiger partial charge in [0.05, 0.1) is 5.69 Å².